The predicted molar refractivity (Wildman–Crippen MR) is 55.2 cm³/mol. The van der Waals surface area contributed by atoms with Crippen LogP contribution in [-0.2, 0) is 14.2 Å². The summed E-state index contributed by atoms with van der Waals surface area (Å²) in [4.78, 5) is 0. The van der Waals surface area contributed by atoms with E-state index < -0.39 is 5.79 Å². The molecule has 1 fully saturated rings. The third-order valence-corrected chi connectivity index (χ3v) is 2.46. The van der Waals surface area contributed by atoms with Gasteiger partial charge in [-0.25, -0.2) is 0 Å². The van der Waals surface area contributed by atoms with Crippen molar-refractivity contribution >= 4 is 0 Å². The molecule has 0 aromatic carbocycles. The van der Waals surface area contributed by atoms with Gasteiger partial charge in [0.05, 0.1) is 13.2 Å². The molecular formula is C11H20O3. The topological polar surface area (TPSA) is 27.7 Å². The van der Waals surface area contributed by atoms with E-state index in [0.29, 0.717) is 13.2 Å². The SMILES string of the molecule is C=CC1(CCCCCOC)OCCO1. The molecule has 1 aliphatic rings. The largest absolute Gasteiger partial charge is 0.385 e. The highest BCUT2D eigenvalue weighted by molar-refractivity contribution is 4.91. The molecule has 0 bridgehead atoms. The summed E-state index contributed by atoms with van der Waals surface area (Å²) >= 11 is 0. The lowest BCUT2D eigenvalue weighted by Crippen LogP contribution is -2.26. The van der Waals surface area contributed by atoms with Crippen LogP contribution in [0.5, 0.6) is 0 Å². The van der Waals surface area contributed by atoms with Crippen LogP contribution in [0.3, 0.4) is 0 Å². The Morgan fingerprint density at radius 2 is 2.00 bits per heavy atom. The summed E-state index contributed by atoms with van der Waals surface area (Å²) in [6, 6.07) is 0. The van der Waals surface area contributed by atoms with Gasteiger partial charge in [0.1, 0.15) is 0 Å². The molecular weight excluding hydrogens is 180 g/mol. The van der Waals surface area contributed by atoms with E-state index in [9.17, 15) is 0 Å². The van der Waals surface area contributed by atoms with Crippen LogP contribution >= 0.6 is 0 Å². The number of rotatable bonds is 7. The Balaban J connectivity index is 2.12. The van der Waals surface area contributed by atoms with Crippen LogP contribution in [0.15, 0.2) is 12.7 Å². The summed E-state index contributed by atoms with van der Waals surface area (Å²) in [5, 5.41) is 0. The lowest BCUT2D eigenvalue weighted by atomic mass is 10.1. The second kappa shape index (κ2) is 6.17. The molecule has 82 valence electrons. The minimum atomic E-state index is -0.493. The van der Waals surface area contributed by atoms with Gasteiger partial charge in [-0.05, 0) is 18.9 Å². The monoisotopic (exact) mass is 200 g/mol. The summed E-state index contributed by atoms with van der Waals surface area (Å²) in [6.07, 6.45) is 6.02. The van der Waals surface area contributed by atoms with Gasteiger partial charge in [0.2, 0.25) is 0 Å². The quantitative estimate of drug-likeness (QED) is 0.465. The first kappa shape index (κ1) is 11.7. The van der Waals surface area contributed by atoms with E-state index in [-0.39, 0.29) is 0 Å². The molecule has 1 saturated heterocycles. The minimum Gasteiger partial charge on any atom is -0.385 e. The number of ether oxygens (including phenoxy) is 3. The predicted octanol–water partition coefficient (Wildman–Crippen LogP) is 2.12. The van der Waals surface area contributed by atoms with Gasteiger partial charge in [-0.15, -0.1) is 0 Å². The van der Waals surface area contributed by atoms with Gasteiger partial charge in [0.15, 0.2) is 5.79 Å². The fourth-order valence-electron chi connectivity index (χ4n) is 1.63. The minimum absolute atomic E-state index is 0.493. The summed E-state index contributed by atoms with van der Waals surface area (Å²) in [5.74, 6) is -0.493. The molecule has 0 amide bonds. The van der Waals surface area contributed by atoms with Crippen LogP contribution in [-0.4, -0.2) is 32.7 Å². The van der Waals surface area contributed by atoms with Crippen LogP contribution in [0.2, 0.25) is 0 Å². The summed E-state index contributed by atoms with van der Waals surface area (Å²) in [6.45, 7) is 5.96. The smallest absolute Gasteiger partial charge is 0.187 e. The third-order valence-electron chi connectivity index (χ3n) is 2.46. The van der Waals surface area contributed by atoms with E-state index in [2.05, 4.69) is 6.58 Å². The van der Waals surface area contributed by atoms with Crippen LogP contribution in [0.1, 0.15) is 25.7 Å². The number of methoxy groups -OCH3 is 1. The molecule has 0 spiro atoms. The average Bonchev–Trinajstić information content (AvgIpc) is 2.67. The van der Waals surface area contributed by atoms with Gasteiger partial charge in [-0.1, -0.05) is 13.0 Å². The molecule has 1 aliphatic heterocycles. The van der Waals surface area contributed by atoms with Crippen molar-refractivity contribution in [3.8, 4) is 0 Å². The van der Waals surface area contributed by atoms with E-state index in [0.717, 1.165) is 32.3 Å². The van der Waals surface area contributed by atoms with Crippen LogP contribution in [0.25, 0.3) is 0 Å². The molecule has 0 N–H and O–H groups in total. The van der Waals surface area contributed by atoms with E-state index in [4.69, 9.17) is 14.2 Å². The number of hydrogen-bond acceptors (Lipinski definition) is 3. The molecule has 0 atom stereocenters. The fraction of sp³-hybridized carbons (Fsp3) is 0.818. The highest BCUT2D eigenvalue weighted by Crippen LogP contribution is 2.26. The molecule has 3 heteroatoms. The van der Waals surface area contributed by atoms with Gasteiger partial charge in [-0.3, -0.25) is 0 Å². The Labute approximate surface area is 86.0 Å². The molecule has 0 unspecified atom stereocenters. The lowest BCUT2D eigenvalue weighted by molar-refractivity contribution is -0.122. The van der Waals surface area contributed by atoms with Crippen molar-refractivity contribution in [2.45, 2.75) is 31.5 Å². The normalized spacial score (nSPS) is 19.8. The first-order chi connectivity index (χ1) is 6.83. The van der Waals surface area contributed by atoms with Crippen molar-refractivity contribution in [3.63, 3.8) is 0 Å². The molecule has 0 aromatic rings. The molecule has 1 heterocycles. The van der Waals surface area contributed by atoms with Gasteiger partial charge in [0, 0.05) is 20.1 Å². The van der Waals surface area contributed by atoms with Crippen LogP contribution in [0.4, 0.5) is 0 Å². The Morgan fingerprint density at radius 1 is 1.29 bits per heavy atom. The number of unbranched alkanes of at least 4 members (excludes halogenated alkanes) is 2. The second-order valence-electron chi connectivity index (χ2n) is 3.52. The standard InChI is InChI=1S/C11H20O3/c1-3-11(13-9-10-14-11)7-5-4-6-8-12-2/h3H,1,4-10H2,2H3. The Bertz CT molecular complexity index is 162. The first-order valence-corrected chi connectivity index (χ1v) is 5.23. The van der Waals surface area contributed by atoms with Gasteiger partial charge >= 0.3 is 0 Å². The van der Waals surface area contributed by atoms with E-state index >= 15 is 0 Å². The van der Waals surface area contributed by atoms with E-state index in [1.54, 1.807) is 13.2 Å². The zero-order valence-corrected chi connectivity index (χ0v) is 8.96. The summed E-state index contributed by atoms with van der Waals surface area (Å²) < 4.78 is 16.0. The van der Waals surface area contributed by atoms with Gasteiger partial charge in [-0.2, -0.15) is 0 Å². The van der Waals surface area contributed by atoms with Crippen molar-refractivity contribution in [1.82, 2.24) is 0 Å². The molecule has 0 saturated carbocycles. The van der Waals surface area contributed by atoms with Crippen molar-refractivity contribution in [1.29, 1.82) is 0 Å². The molecule has 3 nitrogen and oxygen atoms in total. The van der Waals surface area contributed by atoms with Crippen molar-refractivity contribution in [2.24, 2.45) is 0 Å². The van der Waals surface area contributed by atoms with Crippen LogP contribution in [0, 0.1) is 0 Å². The third kappa shape index (κ3) is 3.40. The zero-order valence-electron chi connectivity index (χ0n) is 8.96. The Kier molecular flexibility index (Phi) is 5.15. The van der Waals surface area contributed by atoms with Crippen molar-refractivity contribution in [2.75, 3.05) is 26.9 Å². The summed E-state index contributed by atoms with van der Waals surface area (Å²) in [5.41, 5.74) is 0. The maximum atomic E-state index is 5.52. The fourth-order valence-corrected chi connectivity index (χ4v) is 1.63. The first-order valence-electron chi connectivity index (χ1n) is 5.23. The van der Waals surface area contributed by atoms with Gasteiger partial charge < -0.3 is 14.2 Å². The maximum Gasteiger partial charge on any atom is 0.187 e. The molecule has 0 aliphatic carbocycles. The number of hydrogen-bond donors (Lipinski definition) is 0. The molecule has 0 radical (unpaired) electrons. The Morgan fingerprint density at radius 3 is 2.57 bits per heavy atom. The van der Waals surface area contributed by atoms with Gasteiger partial charge in [0.25, 0.3) is 0 Å². The van der Waals surface area contributed by atoms with E-state index in [1.807, 2.05) is 0 Å². The highest BCUT2D eigenvalue weighted by atomic mass is 16.7. The zero-order chi connectivity index (χ0) is 10.3. The second-order valence-corrected chi connectivity index (χ2v) is 3.52. The van der Waals surface area contributed by atoms with Crippen molar-refractivity contribution < 1.29 is 14.2 Å². The summed E-state index contributed by atoms with van der Waals surface area (Å²) in [7, 11) is 1.73. The lowest BCUT2D eigenvalue weighted by Gasteiger charge is -2.22. The van der Waals surface area contributed by atoms with Crippen molar-refractivity contribution in [3.05, 3.63) is 12.7 Å². The Hall–Kier alpha value is -0.380. The molecule has 0 aromatic heterocycles. The van der Waals surface area contributed by atoms with E-state index in [1.165, 1.54) is 0 Å². The molecule has 14 heavy (non-hydrogen) atoms. The maximum absolute atomic E-state index is 5.52. The molecule has 1 rings (SSSR count). The van der Waals surface area contributed by atoms with Crippen LogP contribution < -0.4 is 0 Å². The highest BCUT2D eigenvalue weighted by Gasteiger charge is 2.32. The average molecular weight is 200 g/mol.